The van der Waals surface area contributed by atoms with Crippen molar-refractivity contribution < 1.29 is 9.59 Å². The number of likely N-dealkylation sites (N-methyl/N-ethyl adjacent to an activating group) is 1. The minimum atomic E-state index is -0.492. The topological polar surface area (TPSA) is 61.4 Å². The third kappa shape index (κ3) is 3.75. The monoisotopic (exact) mass is 373 g/mol. The second-order valence-corrected chi connectivity index (χ2v) is 6.03. The highest BCUT2D eigenvalue weighted by atomic mass is 79.9. The molecular weight excluding hydrogens is 358 g/mol. The predicted molar refractivity (Wildman–Crippen MR) is 85.5 cm³/mol. The third-order valence-electron chi connectivity index (χ3n) is 3.32. The first-order chi connectivity index (χ1) is 10.0. The zero-order valence-corrected chi connectivity index (χ0v) is 14.0. The predicted octanol–water partition coefficient (Wildman–Crippen LogP) is 1.65. The fourth-order valence-corrected chi connectivity index (χ4v) is 3.14. The maximum absolute atomic E-state index is 12.7. The zero-order valence-electron chi connectivity index (χ0n) is 11.7. The molecule has 0 bridgehead atoms. The third-order valence-corrected chi connectivity index (χ3v) is 4.21. The van der Waals surface area contributed by atoms with Gasteiger partial charge in [-0.1, -0.05) is 11.6 Å². The van der Waals surface area contributed by atoms with E-state index in [1.807, 2.05) is 6.92 Å². The van der Waals surface area contributed by atoms with Gasteiger partial charge in [-0.25, -0.2) is 0 Å². The Kier molecular flexibility index (Phi) is 5.61. The average molecular weight is 375 g/mol. The molecule has 2 rings (SSSR count). The summed E-state index contributed by atoms with van der Waals surface area (Å²) < 4.78 is 0.633. The molecule has 1 aromatic carbocycles. The maximum Gasteiger partial charge on any atom is 0.255 e. The fraction of sp³-hybridized carbons (Fsp3) is 0.429. The second kappa shape index (κ2) is 7.24. The summed E-state index contributed by atoms with van der Waals surface area (Å²) in [4.78, 5) is 26.4. The molecule has 1 fully saturated rings. The molecule has 1 aromatic rings. The molecule has 0 aliphatic carbocycles. The van der Waals surface area contributed by atoms with Crippen LogP contribution >= 0.6 is 27.5 Å². The zero-order chi connectivity index (χ0) is 15.4. The van der Waals surface area contributed by atoms with Crippen molar-refractivity contribution in [1.82, 2.24) is 15.5 Å². The van der Waals surface area contributed by atoms with Crippen LogP contribution in [0.25, 0.3) is 0 Å². The first-order valence-corrected chi connectivity index (χ1v) is 7.96. The van der Waals surface area contributed by atoms with Gasteiger partial charge in [-0.15, -0.1) is 0 Å². The van der Waals surface area contributed by atoms with Gasteiger partial charge in [-0.3, -0.25) is 9.59 Å². The Morgan fingerprint density at radius 1 is 1.52 bits per heavy atom. The molecule has 1 saturated heterocycles. The van der Waals surface area contributed by atoms with Crippen molar-refractivity contribution in [3.63, 3.8) is 0 Å². The van der Waals surface area contributed by atoms with Crippen molar-refractivity contribution in [2.24, 2.45) is 0 Å². The average Bonchev–Trinajstić information content (AvgIpc) is 2.47. The molecule has 1 heterocycles. The second-order valence-electron chi connectivity index (χ2n) is 4.74. The highest BCUT2D eigenvalue weighted by Crippen LogP contribution is 2.23. The number of halogens is 2. The lowest BCUT2D eigenvalue weighted by atomic mass is 10.1. The van der Waals surface area contributed by atoms with Gasteiger partial charge in [0.2, 0.25) is 5.91 Å². The SMILES string of the molecule is CCNC(=O)C1CNCCN1C(=O)c1ccc(Cl)cc1Br. The molecule has 2 N–H and O–H groups in total. The van der Waals surface area contributed by atoms with Crippen LogP contribution < -0.4 is 10.6 Å². The Hall–Kier alpha value is -1.11. The van der Waals surface area contributed by atoms with Gasteiger partial charge in [0.15, 0.2) is 0 Å². The summed E-state index contributed by atoms with van der Waals surface area (Å²) in [6, 6.07) is 4.53. The summed E-state index contributed by atoms with van der Waals surface area (Å²) in [7, 11) is 0. The van der Waals surface area contributed by atoms with Crippen LogP contribution in [0.3, 0.4) is 0 Å². The van der Waals surface area contributed by atoms with Crippen LogP contribution in [-0.2, 0) is 4.79 Å². The Morgan fingerprint density at radius 2 is 2.29 bits per heavy atom. The van der Waals surface area contributed by atoms with E-state index in [0.717, 1.165) is 0 Å². The molecular formula is C14H17BrClN3O2. The van der Waals surface area contributed by atoms with Gasteiger partial charge in [-0.05, 0) is 41.1 Å². The smallest absolute Gasteiger partial charge is 0.255 e. The van der Waals surface area contributed by atoms with E-state index in [-0.39, 0.29) is 11.8 Å². The highest BCUT2D eigenvalue weighted by Gasteiger charge is 2.32. The molecule has 5 nitrogen and oxygen atoms in total. The summed E-state index contributed by atoms with van der Waals surface area (Å²) in [6.07, 6.45) is 0. The van der Waals surface area contributed by atoms with Crippen molar-refractivity contribution in [2.75, 3.05) is 26.2 Å². The van der Waals surface area contributed by atoms with Gasteiger partial charge >= 0.3 is 0 Å². The number of carbonyl (C=O) groups excluding carboxylic acids is 2. The summed E-state index contributed by atoms with van der Waals surface area (Å²) >= 11 is 9.25. The number of benzene rings is 1. The summed E-state index contributed by atoms with van der Waals surface area (Å²) in [5, 5.41) is 6.47. The Morgan fingerprint density at radius 3 is 2.95 bits per heavy atom. The highest BCUT2D eigenvalue weighted by molar-refractivity contribution is 9.10. The Bertz CT molecular complexity index is 553. The first kappa shape index (κ1) is 16.3. The molecule has 1 unspecified atom stereocenters. The van der Waals surface area contributed by atoms with E-state index < -0.39 is 6.04 Å². The molecule has 114 valence electrons. The number of amides is 2. The molecule has 1 aliphatic heterocycles. The van der Waals surface area contributed by atoms with Crippen molar-refractivity contribution >= 4 is 39.3 Å². The van der Waals surface area contributed by atoms with Crippen LogP contribution in [0.4, 0.5) is 0 Å². The normalized spacial score (nSPS) is 18.4. The van der Waals surface area contributed by atoms with Crippen molar-refractivity contribution in [3.05, 3.63) is 33.3 Å². The molecule has 0 radical (unpaired) electrons. The van der Waals surface area contributed by atoms with Gasteiger partial charge in [-0.2, -0.15) is 0 Å². The molecule has 1 aliphatic rings. The minimum absolute atomic E-state index is 0.136. The number of nitrogens with one attached hydrogen (secondary N) is 2. The summed E-state index contributed by atoms with van der Waals surface area (Å²) in [6.45, 7) is 4.03. The minimum Gasteiger partial charge on any atom is -0.355 e. The fourth-order valence-electron chi connectivity index (χ4n) is 2.29. The lowest BCUT2D eigenvalue weighted by Crippen LogP contribution is -2.59. The largest absolute Gasteiger partial charge is 0.355 e. The van der Waals surface area contributed by atoms with Gasteiger partial charge in [0.25, 0.3) is 5.91 Å². The number of nitrogens with zero attached hydrogens (tertiary/aromatic N) is 1. The van der Waals surface area contributed by atoms with Crippen molar-refractivity contribution in [2.45, 2.75) is 13.0 Å². The Balaban J connectivity index is 2.24. The summed E-state index contributed by atoms with van der Waals surface area (Å²) in [5.74, 6) is -0.306. The van der Waals surface area contributed by atoms with Gasteiger partial charge in [0, 0.05) is 35.7 Å². The van der Waals surface area contributed by atoms with Crippen molar-refractivity contribution in [1.29, 1.82) is 0 Å². The van der Waals surface area contributed by atoms with E-state index >= 15 is 0 Å². The number of piperazine rings is 1. The Labute approximate surface area is 137 Å². The molecule has 0 spiro atoms. The van der Waals surface area contributed by atoms with Gasteiger partial charge < -0.3 is 15.5 Å². The number of hydrogen-bond acceptors (Lipinski definition) is 3. The van der Waals surface area contributed by atoms with E-state index in [1.165, 1.54) is 0 Å². The van der Waals surface area contributed by atoms with Crippen LogP contribution in [0.15, 0.2) is 22.7 Å². The van der Waals surface area contributed by atoms with Crippen LogP contribution in [0.1, 0.15) is 17.3 Å². The van der Waals surface area contributed by atoms with E-state index in [2.05, 4.69) is 26.6 Å². The van der Waals surface area contributed by atoms with Gasteiger partial charge in [0.1, 0.15) is 6.04 Å². The molecule has 0 aromatic heterocycles. The van der Waals surface area contributed by atoms with Crippen LogP contribution in [0.5, 0.6) is 0 Å². The molecule has 2 amide bonds. The van der Waals surface area contributed by atoms with E-state index in [1.54, 1.807) is 23.1 Å². The van der Waals surface area contributed by atoms with E-state index in [4.69, 9.17) is 11.6 Å². The van der Waals surface area contributed by atoms with Crippen LogP contribution in [0, 0.1) is 0 Å². The lowest BCUT2D eigenvalue weighted by Gasteiger charge is -2.35. The van der Waals surface area contributed by atoms with Crippen LogP contribution in [-0.4, -0.2) is 48.9 Å². The quantitative estimate of drug-likeness (QED) is 0.846. The van der Waals surface area contributed by atoms with Crippen molar-refractivity contribution in [3.8, 4) is 0 Å². The molecule has 1 atom stereocenters. The van der Waals surface area contributed by atoms with E-state index in [9.17, 15) is 9.59 Å². The number of rotatable bonds is 3. The summed E-state index contributed by atoms with van der Waals surface area (Å²) in [5.41, 5.74) is 0.510. The number of carbonyl (C=O) groups is 2. The molecule has 7 heteroatoms. The first-order valence-electron chi connectivity index (χ1n) is 6.79. The van der Waals surface area contributed by atoms with Gasteiger partial charge in [0.05, 0.1) is 5.56 Å². The van der Waals surface area contributed by atoms with Crippen LogP contribution in [0.2, 0.25) is 5.02 Å². The lowest BCUT2D eigenvalue weighted by molar-refractivity contribution is -0.126. The molecule has 0 saturated carbocycles. The maximum atomic E-state index is 12.7. The number of hydrogen-bond donors (Lipinski definition) is 2. The molecule has 21 heavy (non-hydrogen) atoms. The van der Waals surface area contributed by atoms with E-state index in [0.29, 0.717) is 41.2 Å². The standard InChI is InChI=1S/C14H17BrClN3O2/c1-2-18-13(20)12-8-17-5-6-19(12)14(21)10-4-3-9(16)7-11(10)15/h3-4,7,12,17H,2,5-6,8H2,1H3,(H,18,20).